The van der Waals surface area contributed by atoms with E-state index in [4.69, 9.17) is 0 Å². The molecule has 0 atom stereocenters. The van der Waals surface area contributed by atoms with Crippen molar-refractivity contribution in [3.8, 4) is 0 Å². The minimum absolute atomic E-state index is 0.104. The second-order valence-electron chi connectivity index (χ2n) is 5.31. The van der Waals surface area contributed by atoms with Gasteiger partial charge in [0.05, 0.1) is 6.42 Å². The molecule has 0 aromatic rings. The van der Waals surface area contributed by atoms with Gasteiger partial charge in [-0.25, -0.2) is 0 Å². The first kappa shape index (κ1) is 15.8. The number of rotatable bonds is 7. The Balaban J connectivity index is 1.96. The molecular formula is C13H25F3N2. The summed E-state index contributed by atoms with van der Waals surface area (Å²) in [4.78, 5) is 1.76. The summed E-state index contributed by atoms with van der Waals surface area (Å²) in [7, 11) is 1.76. The maximum atomic E-state index is 12.0. The summed E-state index contributed by atoms with van der Waals surface area (Å²) in [6, 6.07) is 0.638. The molecule has 1 aliphatic rings. The fourth-order valence-corrected chi connectivity index (χ4v) is 2.39. The third kappa shape index (κ3) is 7.93. The minimum Gasteiger partial charge on any atom is -0.314 e. The van der Waals surface area contributed by atoms with E-state index in [1.807, 2.05) is 0 Å². The number of halogens is 3. The third-order valence-corrected chi connectivity index (χ3v) is 3.53. The van der Waals surface area contributed by atoms with E-state index in [0.29, 0.717) is 6.04 Å². The van der Waals surface area contributed by atoms with Crippen molar-refractivity contribution >= 4 is 0 Å². The molecule has 2 nitrogen and oxygen atoms in total. The van der Waals surface area contributed by atoms with Gasteiger partial charge < -0.3 is 10.2 Å². The number of hydrogen-bond donors (Lipinski definition) is 1. The molecule has 0 saturated heterocycles. The highest BCUT2D eigenvalue weighted by Crippen LogP contribution is 2.19. The molecule has 1 aliphatic carbocycles. The summed E-state index contributed by atoms with van der Waals surface area (Å²) >= 11 is 0. The Morgan fingerprint density at radius 2 is 1.78 bits per heavy atom. The Morgan fingerprint density at radius 1 is 1.11 bits per heavy atom. The van der Waals surface area contributed by atoms with E-state index in [0.717, 1.165) is 19.5 Å². The van der Waals surface area contributed by atoms with Crippen molar-refractivity contribution in [3.63, 3.8) is 0 Å². The standard InChI is InChI=1S/C13H25F3N2/c1-18(11-8-13(14,15)16)10-5-9-17-12-6-3-2-4-7-12/h12,17H,2-11H2,1H3. The van der Waals surface area contributed by atoms with Gasteiger partial charge in [-0.05, 0) is 39.4 Å². The zero-order chi connectivity index (χ0) is 13.4. The van der Waals surface area contributed by atoms with Crippen molar-refractivity contribution in [2.75, 3.05) is 26.7 Å². The number of nitrogens with one attached hydrogen (secondary N) is 1. The molecule has 1 N–H and O–H groups in total. The number of nitrogens with zero attached hydrogens (tertiary/aromatic N) is 1. The van der Waals surface area contributed by atoms with Crippen LogP contribution in [0.3, 0.4) is 0 Å². The minimum atomic E-state index is -4.03. The topological polar surface area (TPSA) is 15.3 Å². The van der Waals surface area contributed by atoms with Crippen LogP contribution in [-0.4, -0.2) is 43.8 Å². The van der Waals surface area contributed by atoms with Gasteiger partial charge in [0.25, 0.3) is 0 Å². The van der Waals surface area contributed by atoms with E-state index in [-0.39, 0.29) is 6.54 Å². The lowest BCUT2D eigenvalue weighted by Gasteiger charge is -2.23. The van der Waals surface area contributed by atoms with Crippen LogP contribution in [0, 0.1) is 0 Å². The molecule has 5 heteroatoms. The predicted octanol–water partition coefficient (Wildman–Crippen LogP) is 3.18. The first-order chi connectivity index (χ1) is 8.47. The normalized spacial score (nSPS) is 18.5. The Morgan fingerprint density at radius 3 is 2.39 bits per heavy atom. The first-order valence-corrected chi connectivity index (χ1v) is 6.96. The van der Waals surface area contributed by atoms with Crippen LogP contribution in [0.4, 0.5) is 13.2 Å². The van der Waals surface area contributed by atoms with Gasteiger partial charge in [0, 0.05) is 12.6 Å². The molecule has 1 saturated carbocycles. The van der Waals surface area contributed by atoms with Crippen molar-refractivity contribution in [2.45, 2.75) is 57.2 Å². The highest BCUT2D eigenvalue weighted by atomic mass is 19.4. The Bertz CT molecular complexity index is 213. The third-order valence-electron chi connectivity index (χ3n) is 3.53. The van der Waals surface area contributed by atoms with E-state index in [2.05, 4.69) is 5.32 Å². The van der Waals surface area contributed by atoms with Crippen LogP contribution in [0.1, 0.15) is 44.9 Å². The van der Waals surface area contributed by atoms with E-state index in [1.165, 1.54) is 32.1 Å². The van der Waals surface area contributed by atoms with Gasteiger partial charge in [0.2, 0.25) is 0 Å². The number of alkyl halides is 3. The molecule has 0 aliphatic heterocycles. The molecule has 0 radical (unpaired) electrons. The second kappa shape index (κ2) is 8.00. The molecule has 108 valence electrons. The van der Waals surface area contributed by atoms with Gasteiger partial charge in [0.15, 0.2) is 0 Å². The van der Waals surface area contributed by atoms with E-state index < -0.39 is 12.6 Å². The van der Waals surface area contributed by atoms with E-state index in [1.54, 1.807) is 11.9 Å². The summed E-state index contributed by atoms with van der Waals surface area (Å²) < 4.78 is 36.0. The molecule has 1 fully saturated rings. The van der Waals surface area contributed by atoms with Gasteiger partial charge in [-0.1, -0.05) is 19.3 Å². The van der Waals surface area contributed by atoms with Crippen LogP contribution in [0.25, 0.3) is 0 Å². The fraction of sp³-hybridized carbons (Fsp3) is 1.00. The van der Waals surface area contributed by atoms with Crippen LogP contribution in [0.15, 0.2) is 0 Å². The summed E-state index contributed by atoms with van der Waals surface area (Å²) in [6.45, 7) is 1.75. The maximum absolute atomic E-state index is 12.0. The monoisotopic (exact) mass is 266 g/mol. The summed E-state index contributed by atoms with van der Waals surface area (Å²) in [6.07, 6.45) is 2.65. The lowest BCUT2D eigenvalue weighted by atomic mass is 9.95. The summed E-state index contributed by atoms with van der Waals surface area (Å²) in [5.74, 6) is 0. The van der Waals surface area contributed by atoms with E-state index >= 15 is 0 Å². The smallest absolute Gasteiger partial charge is 0.314 e. The number of hydrogen-bond acceptors (Lipinski definition) is 2. The van der Waals surface area contributed by atoms with Crippen molar-refractivity contribution in [2.24, 2.45) is 0 Å². The van der Waals surface area contributed by atoms with Crippen LogP contribution in [-0.2, 0) is 0 Å². The molecule has 0 amide bonds. The molecule has 0 bridgehead atoms. The lowest BCUT2D eigenvalue weighted by Crippen LogP contribution is -2.33. The van der Waals surface area contributed by atoms with Gasteiger partial charge in [0.1, 0.15) is 0 Å². The van der Waals surface area contributed by atoms with E-state index in [9.17, 15) is 13.2 Å². The van der Waals surface area contributed by atoms with Gasteiger partial charge in [-0.3, -0.25) is 0 Å². The van der Waals surface area contributed by atoms with Crippen LogP contribution in [0.5, 0.6) is 0 Å². The average Bonchev–Trinajstić information content (AvgIpc) is 2.33. The fourth-order valence-electron chi connectivity index (χ4n) is 2.39. The van der Waals surface area contributed by atoms with Gasteiger partial charge >= 0.3 is 6.18 Å². The highest BCUT2D eigenvalue weighted by Gasteiger charge is 2.26. The van der Waals surface area contributed by atoms with Crippen LogP contribution < -0.4 is 5.32 Å². The second-order valence-corrected chi connectivity index (χ2v) is 5.31. The molecular weight excluding hydrogens is 241 g/mol. The maximum Gasteiger partial charge on any atom is 0.390 e. The lowest BCUT2D eigenvalue weighted by molar-refractivity contribution is -0.137. The highest BCUT2D eigenvalue weighted by molar-refractivity contribution is 4.71. The molecule has 0 aromatic carbocycles. The molecule has 0 heterocycles. The predicted molar refractivity (Wildman–Crippen MR) is 67.7 cm³/mol. The van der Waals surface area contributed by atoms with Gasteiger partial charge in [-0.15, -0.1) is 0 Å². The first-order valence-electron chi connectivity index (χ1n) is 6.96. The van der Waals surface area contributed by atoms with Crippen molar-refractivity contribution < 1.29 is 13.2 Å². The van der Waals surface area contributed by atoms with Crippen molar-refractivity contribution in [1.82, 2.24) is 10.2 Å². The molecule has 0 aromatic heterocycles. The molecule has 0 unspecified atom stereocenters. The van der Waals surface area contributed by atoms with Crippen LogP contribution >= 0.6 is 0 Å². The molecule has 0 spiro atoms. The SMILES string of the molecule is CN(CCCNC1CCCCC1)CCC(F)(F)F. The van der Waals surface area contributed by atoms with Crippen LogP contribution in [0.2, 0.25) is 0 Å². The Hall–Kier alpha value is -0.290. The summed E-state index contributed by atoms with van der Waals surface area (Å²) in [5, 5.41) is 3.50. The summed E-state index contributed by atoms with van der Waals surface area (Å²) in [5.41, 5.74) is 0. The van der Waals surface area contributed by atoms with Crippen molar-refractivity contribution in [3.05, 3.63) is 0 Å². The molecule has 1 rings (SSSR count). The largest absolute Gasteiger partial charge is 0.390 e. The quantitative estimate of drug-likeness (QED) is 0.712. The zero-order valence-electron chi connectivity index (χ0n) is 11.2. The molecule has 18 heavy (non-hydrogen) atoms. The Labute approximate surface area is 108 Å². The Kier molecular flexibility index (Phi) is 7.00. The zero-order valence-corrected chi connectivity index (χ0v) is 11.2. The average molecular weight is 266 g/mol. The van der Waals surface area contributed by atoms with Gasteiger partial charge in [-0.2, -0.15) is 13.2 Å². The van der Waals surface area contributed by atoms with Crippen molar-refractivity contribution in [1.29, 1.82) is 0 Å².